The number of rotatable bonds is 6. The minimum atomic E-state index is -3.67. The lowest BCUT2D eigenvalue weighted by Crippen LogP contribution is -2.23. The summed E-state index contributed by atoms with van der Waals surface area (Å²) in [6.45, 7) is 8.80. The van der Waals surface area contributed by atoms with E-state index < -0.39 is 10.0 Å². The molecule has 162 valence electrons. The van der Waals surface area contributed by atoms with Crippen LogP contribution in [0.5, 0.6) is 0 Å². The van der Waals surface area contributed by atoms with Gasteiger partial charge >= 0.3 is 0 Å². The molecular weight excluding hydrogens is 408 g/mol. The maximum absolute atomic E-state index is 12.5. The highest BCUT2D eigenvalue weighted by Crippen LogP contribution is 2.22. The van der Waals surface area contributed by atoms with Crippen LogP contribution in [-0.2, 0) is 22.0 Å². The standard InChI is InChI=1S/C25H28N2O3S/c1-18-5-15-23(16-6-18)31(29,30)27-22-13-9-20(10-14-22)24(28)26-17-19-7-11-21(12-8-19)25(2,3)4/h5-16,27H,17H2,1-4H3,(H,26,28). The van der Waals surface area contributed by atoms with Crippen molar-refractivity contribution in [1.82, 2.24) is 5.32 Å². The number of amides is 1. The number of aryl methyl sites for hydroxylation is 1. The summed E-state index contributed by atoms with van der Waals surface area (Å²) in [6, 6.07) is 21.2. The third-order valence-corrected chi connectivity index (χ3v) is 6.40. The fraction of sp³-hybridized carbons (Fsp3) is 0.240. The van der Waals surface area contributed by atoms with Gasteiger partial charge in [0.05, 0.1) is 4.90 Å². The van der Waals surface area contributed by atoms with Gasteiger partial charge < -0.3 is 5.32 Å². The molecule has 6 heteroatoms. The Balaban J connectivity index is 1.60. The van der Waals surface area contributed by atoms with Crippen LogP contribution in [0.25, 0.3) is 0 Å². The molecule has 1 amide bonds. The predicted octanol–water partition coefficient (Wildman–Crippen LogP) is 5.02. The Labute approximate surface area is 184 Å². The molecule has 0 aliphatic carbocycles. The van der Waals surface area contributed by atoms with Gasteiger partial charge in [0.15, 0.2) is 0 Å². The summed E-state index contributed by atoms with van der Waals surface area (Å²) in [4.78, 5) is 12.6. The van der Waals surface area contributed by atoms with Crippen LogP contribution in [0.2, 0.25) is 0 Å². The molecule has 0 bridgehead atoms. The lowest BCUT2D eigenvalue weighted by Gasteiger charge is -2.19. The second kappa shape index (κ2) is 8.94. The highest BCUT2D eigenvalue weighted by molar-refractivity contribution is 7.92. The number of hydrogen-bond acceptors (Lipinski definition) is 3. The zero-order chi connectivity index (χ0) is 22.6. The van der Waals surface area contributed by atoms with Crippen molar-refractivity contribution >= 4 is 21.6 Å². The molecule has 0 aliphatic rings. The van der Waals surface area contributed by atoms with E-state index in [1.807, 2.05) is 19.1 Å². The van der Waals surface area contributed by atoms with Crippen molar-refractivity contribution in [1.29, 1.82) is 0 Å². The SMILES string of the molecule is Cc1ccc(S(=O)(=O)Nc2ccc(C(=O)NCc3ccc(C(C)(C)C)cc3)cc2)cc1. The van der Waals surface area contributed by atoms with Crippen molar-refractivity contribution in [3.05, 3.63) is 95.1 Å². The quantitative estimate of drug-likeness (QED) is 0.569. The fourth-order valence-electron chi connectivity index (χ4n) is 3.03. The maximum Gasteiger partial charge on any atom is 0.261 e. The van der Waals surface area contributed by atoms with Crippen molar-refractivity contribution in [3.8, 4) is 0 Å². The average molecular weight is 437 g/mol. The van der Waals surface area contributed by atoms with Crippen LogP contribution >= 0.6 is 0 Å². The van der Waals surface area contributed by atoms with Gasteiger partial charge in [-0.2, -0.15) is 0 Å². The van der Waals surface area contributed by atoms with Gasteiger partial charge in [0.25, 0.3) is 15.9 Å². The molecule has 0 atom stereocenters. The first kappa shape index (κ1) is 22.6. The van der Waals surface area contributed by atoms with Gasteiger partial charge in [0, 0.05) is 17.8 Å². The van der Waals surface area contributed by atoms with Gasteiger partial charge in [-0.3, -0.25) is 9.52 Å². The van der Waals surface area contributed by atoms with Crippen molar-refractivity contribution in [2.45, 2.75) is 44.6 Å². The number of carbonyl (C=O) groups is 1. The first-order valence-corrected chi connectivity index (χ1v) is 11.6. The molecule has 0 aliphatic heterocycles. The smallest absolute Gasteiger partial charge is 0.261 e. The number of nitrogens with one attached hydrogen (secondary N) is 2. The van der Waals surface area contributed by atoms with Crippen LogP contribution in [0.3, 0.4) is 0 Å². The first-order valence-electron chi connectivity index (χ1n) is 10.1. The second-order valence-electron chi connectivity index (χ2n) is 8.63. The van der Waals surface area contributed by atoms with E-state index in [0.29, 0.717) is 17.8 Å². The Morgan fingerprint density at radius 1 is 0.839 bits per heavy atom. The summed E-state index contributed by atoms with van der Waals surface area (Å²) >= 11 is 0. The summed E-state index contributed by atoms with van der Waals surface area (Å²) in [7, 11) is -3.67. The topological polar surface area (TPSA) is 75.3 Å². The molecule has 0 heterocycles. The number of sulfonamides is 1. The molecule has 3 rings (SSSR count). The molecule has 0 unspecified atom stereocenters. The van der Waals surface area contributed by atoms with Gasteiger partial charge in [0.1, 0.15) is 0 Å². The summed E-state index contributed by atoms with van der Waals surface area (Å²) in [5, 5.41) is 2.89. The average Bonchev–Trinajstić information content (AvgIpc) is 2.72. The van der Waals surface area contributed by atoms with E-state index in [2.05, 4.69) is 42.9 Å². The molecule has 0 aromatic heterocycles. The molecule has 0 radical (unpaired) electrons. The zero-order valence-corrected chi connectivity index (χ0v) is 19.1. The minimum Gasteiger partial charge on any atom is -0.348 e. The highest BCUT2D eigenvalue weighted by Gasteiger charge is 2.15. The highest BCUT2D eigenvalue weighted by atomic mass is 32.2. The summed E-state index contributed by atoms with van der Waals surface area (Å²) in [6.07, 6.45) is 0. The van der Waals surface area contributed by atoms with Crippen molar-refractivity contribution in [3.63, 3.8) is 0 Å². The number of benzene rings is 3. The molecule has 2 N–H and O–H groups in total. The van der Waals surface area contributed by atoms with Crippen LogP contribution < -0.4 is 10.0 Å². The molecule has 0 fully saturated rings. The molecule has 5 nitrogen and oxygen atoms in total. The summed E-state index contributed by atoms with van der Waals surface area (Å²) in [5.74, 6) is -0.215. The summed E-state index contributed by atoms with van der Waals surface area (Å²) < 4.78 is 27.5. The van der Waals surface area contributed by atoms with Gasteiger partial charge in [-0.05, 0) is 59.9 Å². The third kappa shape index (κ3) is 5.95. The monoisotopic (exact) mass is 436 g/mol. The Morgan fingerprint density at radius 2 is 1.42 bits per heavy atom. The lowest BCUT2D eigenvalue weighted by molar-refractivity contribution is 0.0951. The number of hydrogen-bond donors (Lipinski definition) is 2. The normalized spacial score (nSPS) is 11.7. The molecule has 0 saturated carbocycles. The fourth-order valence-corrected chi connectivity index (χ4v) is 4.09. The van der Waals surface area contributed by atoms with E-state index >= 15 is 0 Å². The van der Waals surface area contributed by atoms with Crippen LogP contribution in [0.4, 0.5) is 5.69 Å². The van der Waals surface area contributed by atoms with Crippen LogP contribution in [0.1, 0.15) is 47.8 Å². The van der Waals surface area contributed by atoms with E-state index in [1.165, 1.54) is 5.56 Å². The molecule has 3 aromatic rings. The molecule has 3 aromatic carbocycles. The summed E-state index contributed by atoms with van der Waals surface area (Å²) in [5.41, 5.74) is 4.19. The number of anilines is 1. The lowest BCUT2D eigenvalue weighted by atomic mass is 9.87. The van der Waals surface area contributed by atoms with E-state index in [0.717, 1.165) is 11.1 Å². The van der Waals surface area contributed by atoms with E-state index in [1.54, 1.807) is 48.5 Å². The van der Waals surface area contributed by atoms with Crippen LogP contribution in [0, 0.1) is 6.92 Å². The second-order valence-corrected chi connectivity index (χ2v) is 10.3. The van der Waals surface area contributed by atoms with Crippen molar-refractivity contribution < 1.29 is 13.2 Å². The first-order chi connectivity index (χ1) is 14.5. The van der Waals surface area contributed by atoms with Gasteiger partial charge in [-0.1, -0.05) is 62.7 Å². The van der Waals surface area contributed by atoms with Crippen molar-refractivity contribution in [2.75, 3.05) is 4.72 Å². The minimum absolute atomic E-state index is 0.0878. The predicted molar refractivity (Wildman–Crippen MR) is 125 cm³/mol. The van der Waals surface area contributed by atoms with E-state index in [4.69, 9.17) is 0 Å². The Kier molecular flexibility index (Phi) is 6.51. The van der Waals surface area contributed by atoms with Crippen LogP contribution in [-0.4, -0.2) is 14.3 Å². The Bertz CT molecular complexity index is 1140. The van der Waals surface area contributed by atoms with Gasteiger partial charge in [-0.15, -0.1) is 0 Å². The molecule has 31 heavy (non-hydrogen) atoms. The Morgan fingerprint density at radius 3 is 1.97 bits per heavy atom. The van der Waals surface area contributed by atoms with E-state index in [9.17, 15) is 13.2 Å². The molecule has 0 spiro atoms. The third-order valence-electron chi connectivity index (χ3n) is 5.00. The van der Waals surface area contributed by atoms with Crippen molar-refractivity contribution in [2.24, 2.45) is 0 Å². The maximum atomic E-state index is 12.5. The number of carbonyl (C=O) groups excluding carboxylic acids is 1. The van der Waals surface area contributed by atoms with Gasteiger partial charge in [-0.25, -0.2) is 8.42 Å². The van der Waals surface area contributed by atoms with E-state index in [-0.39, 0.29) is 16.2 Å². The van der Waals surface area contributed by atoms with Gasteiger partial charge in [0.2, 0.25) is 0 Å². The zero-order valence-electron chi connectivity index (χ0n) is 18.3. The van der Waals surface area contributed by atoms with Crippen LogP contribution in [0.15, 0.2) is 77.7 Å². The largest absolute Gasteiger partial charge is 0.348 e. The Hall–Kier alpha value is -3.12. The molecule has 0 saturated heterocycles. The molecular formula is C25H28N2O3S.